The van der Waals surface area contributed by atoms with E-state index in [-0.39, 0.29) is 18.4 Å². The van der Waals surface area contributed by atoms with E-state index in [0.717, 1.165) is 0 Å². The van der Waals surface area contributed by atoms with Crippen molar-refractivity contribution in [2.24, 2.45) is 5.41 Å². The van der Waals surface area contributed by atoms with Gasteiger partial charge < -0.3 is 20.5 Å². The zero-order valence-electron chi connectivity index (χ0n) is 13.3. The molecule has 1 atom stereocenters. The van der Waals surface area contributed by atoms with Crippen LogP contribution in [0.3, 0.4) is 0 Å². The predicted molar refractivity (Wildman–Crippen MR) is 83.5 cm³/mol. The van der Waals surface area contributed by atoms with Gasteiger partial charge in [0.25, 0.3) is 11.8 Å². The lowest BCUT2D eigenvalue weighted by molar-refractivity contribution is -0.147. The molecule has 1 aliphatic rings. The summed E-state index contributed by atoms with van der Waals surface area (Å²) >= 11 is 0. The summed E-state index contributed by atoms with van der Waals surface area (Å²) in [5.41, 5.74) is -0.156. The molecule has 7 heteroatoms. The van der Waals surface area contributed by atoms with Crippen molar-refractivity contribution in [3.05, 3.63) is 23.8 Å². The number of rotatable bonds is 5. The minimum absolute atomic E-state index is 0.226. The fourth-order valence-corrected chi connectivity index (χ4v) is 2.10. The molecule has 0 saturated carbocycles. The van der Waals surface area contributed by atoms with Crippen molar-refractivity contribution in [2.45, 2.75) is 33.3 Å². The number of ether oxygens (including phenoxy) is 1. The molecule has 0 radical (unpaired) electrons. The largest absolute Gasteiger partial charge is 0.481 e. The highest BCUT2D eigenvalue weighted by molar-refractivity contribution is 6.03. The number of hydrogen-bond acceptors (Lipinski definition) is 4. The lowest BCUT2D eigenvalue weighted by Crippen LogP contribution is -2.36. The molecule has 1 aromatic rings. The van der Waals surface area contributed by atoms with E-state index < -0.39 is 17.5 Å². The number of hydrogen-bond donors (Lipinski definition) is 3. The summed E-state index contributed by atoms with van der Waals surface area (Å²) in [6, 6.07) is 4.90. The molecule has 2 amide bonds. The number of nitrogens with one attached hydrogen (secondary N) is 2. The number of fused-ring (bicyclic) bond motifs is 1. The number of aliphatic carboxylic acids is 1. The summed E-state index contributed by atoms with van der Waals surface area (Å²) in [4.78, 5) is 35.0. The van der Waals surface area contributed by atoms with E-state index in [4.69, 9.17) is 9.84 Å². The quantitative estimate of drug-likeness (QED) is 0.765. The first-order valence-electron chi connectivity index (χ1n) is 7.34. The Balaban J connectivity index is 2.08. The summed E-state index contributed by atoms with van der Waals surface area (Å²) in [5, 5.41) is 14.4. The van der Waals surface area contributed by atoms with Crippen LogP contribution in [0.4, 0.5) is 5.69 Å². The number of carboxylic acid groups (broad SMARTS) is 1. The van der Waals surface area contributed by atoms with Gasteiger partial charge in [-0.3, -0.25) is 14.4 Å². The van der Waals surface area contributed by atoms with E-state index in [0.29, 0.717) is 23.4 Å². The van der Waals surface area contributed by atoms with Gasteiger partial charge in [0, 0.05) is 6.54 Å². The highest BCUT2D eigenvalue weighted by Crippen LogP contribution is 2.33. The van der Waals surface area contributed by atoms with Crippen molar-refractivity contribution in [1.82, 2.24) is 5.32 Å². The van der Waals surface area contributed by atoms with Crippen LogP contribution in [0, 0.1) is 5.41 Å². The maximum atomic E-state index is 12.3. The van der Waals surface area contributed by atoms with Gasteiger partial charge in [0.2, 0.25) is 0 Å². The average Bonchev–Trinajstić information content (AvgIpc) is 2.47. The van der Waals surface area contributed by atoms with Gasteiger partial charge in [0.1, 0.15) is 0 Å². The molecule has 1 unspecified atom stereocenters. The molecule has 2 rings (SSSR count). The summed E-state index contributed by atoms with van der Waals surface area (Å²) in [6.07, 6.45) is -0.376. The van der Waals surface area contributed by atoms with Crippen LogP contribution in [0.2, 0.25) is 0 Å². The van der Waals surface area contributed by atoms with E-state index >= 15 is 0 Å². The van der Waals surface area contributed by atoms with Gasteiger partial charge in [-0.05, 0) is 39.3 Å². The Hall–Kier alpha value is -2.57. The molecule has 1 aliphatic heterocycles. The predicted octanol–water partition coefficient (Wildman–Crippen LogP) is 1.64. The van der Waals surface area contributed by atoms with E-state index in [1.165, 1.54) is 0 Å². The smallest absolute Gasteiger partial charge is 0.309 e. The highest BCUT2D eigenvalue weighted by atomic mass is 16.5. The molecule has 0 saturated heterocycles. The first-order valence-corrected chi connectivity index (χ1v) is 7.34. The zero-order chi connectivity index (χ0) is 17.2. The summed E-state index contributed by atoms with van der Waals surface area (Å²) in [5.74, 6) is -1.22. The number of para-hydroxylation sites is 1. The fourth-order valence-electron chi connectivity index (χ4n) is 2.10. The van der Waals surface area contributed by atoms with Crippen LogP contribution >= 0.6 is 0 Å². The number of anilines is 1. The Bertz CT molecular complexity index is 654. The van der Waals surface area contributed by atoms with Crippen molar-refractivity contribution < 1.29 is 24.2 Å². The Labute approximate surface area is 134 Å². The lowest BCUT2D eigenvalue weighted by atomic mass is 9.89. The van der Waals surface area contributed by atoms with Gasteiger partial charge >= 0.3 is 5.97 Å². The normalized spacial score (nSPS) is 16.8. The first-order chi connectivity index (χ1) is 10.7. The van der Waals surface area contributed by atoms with Crippen LogP contribution in [0.5, 0.6) is 5.75 Å². The average molecular weight is 320 g/mol. The van der Waals surface area contributed by atoms with Crippen LogP contribution in [-0.4, -0.2) is 35.5 Å². The zero-order valence-corrected chi connectivity index (χ0v) is 13.3. The molecular weight excluding hydrogens is 300 g/mol. The van der Waals surface area contributed by atoms with Crippen LogP contribution in [0.1, 0.15) is 37.6 Å². The molecule has 0 fully saturated rings. The summed E-state index contributed by atoms with van der Waals surface area (Å²) in [7, 11) is 0. The summed E-state index contributed by atoms with van der Waals surface area (Å²) < 4.78 is 5.51. The third-order valence-electron chi connectivity index (χ3n) is 3.80. The molecule has 7 nitrogen and oxygen atoms in total. The fraction of sp³-hybridized carbons (Fsp3) is 0.438. The van der Waals surface area contributed by atoms with Gasteiger partial charge in [-0.1, -0.05) is 6.07 Å². The van der Waals surface area contributed by atoms with Crippen molar-refractivity contribution in [1.29, 1.82) is 0 Å². The first kappa shape index (κ1) is 16.8. The molecule has 0 aliphatic carbocycles. The molecular formula is C16H20N2O5. The minimum atomic E-state index is -0.914. The molecule has 1 aromatic carbocycles. The number of benzene rings is 1. The number of amides is 2. The third kappa shape index (κ3) is 3.61. The molecule has 3 N–H and O–H groups in total. The van der Waals surface area contributed by atoms with Crippen LogP contribution < -0.4 is 15.4 Å². The van der Waals surface area contributed by atoms with E-state index in [1.807, 2.05) is 0 Å². The lowest BCUT2D eigenvalue weighted by Gasteiger charge is -2.25. The van der Waals surface area contributed by atoms with Gasteiger partial charge in [-0.25, -0.2) is 0 Å². The Morgan fingerprint density at radius 2 is 2.09 bits per heavy atom. The molecule has 1 heterocycles. The van der Waals surface area contributed by atoms with Gasteiger partial charge in [0.05, 0.1) is 16.7 Å². The second-order valence-electron chi connectivity index (χ2n) is 6.13. The Kier molecular flexibility index (Phi) is 4.58. The van der Waals surface area contributed by atoms with Crippen molar-refractivity contribution >= 4 is 23.5 Å². The van der Waals surface area contributed by atoms with Crippen LogP contribution in [0.15, 0.2) is 18.2 Å². The second-order valence-corrected chi connectivity index (χ2v) is 6.13. The Morgan fingerprint density at radius 1 is 1.39 bits per heavy atom. The summed E-state index contributed by atoms with van der Waals surface area (Å²) in [6.45, 7) is 5.03. The molecule has 124 valence electrons. The maximum absolute atomic E-state index is 12.3. The van der Waals surface area contributed by atoms with Gasteiger partial charge in [-0.15, -0.1) is 0 Å². The third-order valence-corrected chi connectivity index (χ3v) is 3.80. The standard InChI is InChI=1S/C16H20N2O5/c1-9-13(19)18-11-6-4-5-10(12(11)23-9)14(20)17-8-7-16(2,3)15(21)22/h4-6,9H,7-8H2,1-3H3,(H,17,20)(H,18,19)(H,21,22). The van der Waals surface area contributed by atoms with Gasteiger partial charge in [-0.2, -0.15) is 0 Å². The van der Waals surface area contributed by atoms with E-state index in [9.17, 15) is 14.4 Å². The maximum Gasteiger partial charge on any atom is 0.309 e. The van der Waals surface area contributed by atoms with E-state index in [2.05, 4.69) is 10.6 Å². The van der Waals surface area contributed by atoms with Crippen molar-refractivity contribution in [3.8, 4) is 5.75 Å². The highest BCUT2D eigenvalue weighted by Gasteiger charge is 2.29. The minimum Gasteiger partial charge on any atom is -0.481 e. The monoisotopic (exact) mass is 320 g/mol. The molecule has 0 bridgehead atoms. The number of carbonyl (C=O) groups is 3. The molecule has 0 aromatic heterocycles. The SMILES string of the molecule is CC1Oc2c(cccc2C(=O)NCCC(C)(C)C(=O)O)NC1=O. The van der Waals surface area contributed by atoms with Crippen molar-refractivity contribution in [3.63, 3.8) is 0 Å². The van der Waals surface area contributed by atoms with E-state index in [1.54, 1.807) is 39.0 Å². The van der Waals surface area contributed by atoms with Crippen LogP contribution in [-0.2, 0) is 9.59 Å². The number of carbonyl (C=O) groups excluding carboxylic acids is 2. The van der Waals surface area contributed by atoms with Gasteiger partial charge in [0.15, 0.2) is 11.9 Å². The number of carboxylic acids is 1. The molecule has 0 spiro atoms. The second kappa shape index (κ2) is 6.28. The van der Waals surface area contributed by atoms with Crippen molar-refractivity contribution in [2.75, 3.05) is 11.9 Å². The topological polar surface area (TPSA) is 105 Å². The molecule has 23 heavy (non-hydrogen) atoms. The van der Waals surface area contributed by atoms with Crippen LogP contribution in [0.25, 0.3) is 0 Å². The Morgan fingerprint density at radius 3 is 2.74 bits per heavy atom.